The van der Waals surface area contributed by atoms with Crippen LogP contribution in [0.1, 0.15) is 11.1 Å². The molecule has 0 aromatic heterocycles. The summed E-state index contributed by atoms with van der Waals surface area (Å²) in [5.74, 6) is -0.324. The van der Waals surface area contributed by atoms with Crippen LogP contribution >= 0.6 is 0 Å². The summed E-state index contributed by atoms with van der Waals surface area (Å²) in [7, 11) is 1.38. The molecule has 2 rings (SSSR count). The van der Waals surface area contributed by atoms with Crippen molar-refractivity contribution in [3.63, 3.8) is 0 Å². The molecule has 2 aromatic carbocycles. The van der Waals surface area contributed by atoms with Crippen LogP contribution in [0, 0.1) is 0 Å². The maximum absolute atomic E-state index is 12.8. The molecule has 0 bridgehead atoms. The second-order valence-electron chi connectivity index (χ2n) is 5.40. The van der Waals surface area contributed by atoms with E-state index in [0.717, 1.165) is 0 Å². The lowest BCUT2D eigenvalue weighted by Crippen LogP contribution is -2.22. The van der Waals surface area contributed by atoms with Gasteiger partial charge < -0.3 is 15.4 Å². The number of hydrogen-bond donors (Lipinski definition) is 2. The van der Waals surface area contributed by atoms with Crippen LogP contribution in [-0.4, -0.2) is 19.6 Å². The molecule has 0 aliphatic carbocycles. The van der Waals surface area contributed by atoms with E-state index in [1.54, 1.807) is 18.2 Å². The Morgan fingerprint density at radius 1 is 0.963 bits per heavy atom. The van der Waals surface area contributed by atoms with Crippen molar-refractivity contribution in [1.29, 1.82) is 0 Å². The molecule has 0 aliphatic heterocycles. The summed E-state index contributed by atoms with van der Waals surface area (Å²) >= 11 is 0. The molecule has 0 saturated carbocycles. The molecule has 4 nitrogen and oxygen atoms in total. The fraction of sp³-hybridized carbons (Fsp3) is 0.235. The molecule has 0 radical (unpaired) electrons. The summed E-state index contributed by atoms with van der Waals surface area (Å²) in [5.41, 5.74) is -3.10. The van der Waals surface area contributed by atoms with Crippen LogP contribution in [0.25, 0.3) is 0 Å². The van der Waals surface area contributed by atoms with Gasteiger partial charge in [0.25, 0.3) is 0 Å². The van der Waals surface area contributed by atoms with Gasteiger partial charge in [0.15, 0.2) is 0 Å². The van der Waals surface area contributed by atoms with E-state index in [1.807, 2.05) is 0 Å². The number of ether oxygens (including phenoxy) is 1. The minimum absolute atomic E-state index is 0.0140. The first kappa shape index (κ1) is 20.4. The Morgan fingerprint density at radius 3 is 2.04 bits per heavy atom. The van der Waals surface area contributed by atoms with Crippen molar-refractivity contribution < 1.29 is 35.9 Å². The van der Waals surface area contributed by atoms with Gasteiger partial charge in [0, 0.05) is 5.69 Å². The van der Waals surface area contributed by atoms with Crippen LogP contribution in [-0.2, 0) is 17.1 Å². The predicted octanol–water partition coefficient (Wildman–Crippen LogP) is 4.78. The quantitative estimate of drug-likeness (QED) is 0.720. The molecule has 2 N–H and O–H groups in total. The highest BCUT2D eigenvalue weighted by molar-refractivity contribution is 5.95. The normalized spacial score (nSPS) is 11.8. The van der Waals surface area contributed by atoms with Crippen LogP contribution in [0.5, 0.6) is 5.75 Å². The molecule has 2 aromatic rings. The fourth-order valence-corrected chi connectivity index (χ4v) is 2.18. The van der Waals surface area contributed by atoms with E-state index in [2.05, 4.69) is 10.6 Å². The number of amides is 1. The van der Waals surface area contributed by atoms with Gasteiger partial charge in [-0.15, -0.1) is 0 Å². The van der Waals surface area contributed by atoms with Crippen molar-refractivity contribution in [2.75, 3.05) is 24.3 Å². The van der Waals surface area contributed by atoms with E-state index in [4.69, 9.17) is 4.74 Å². The first-order chi connectivity index (χ1) is 12.5. The monoisotopic (exact) mass is 392 g/mol. The van der Waals surface area contributed by atoms with Crippen LogP contribution < -0.4 is 15.4 Å². The molecule has 0 spiro atoms. The Balaban J connectivity index is 2.16. The standard InChI is InChI=1S/C17H14F6N2O2/c1-27-14-5-3-2-4-13(14)25-15(26)9-24-12-7-10(16(18,19)20)6-11(8-12)17(21,22)23/h2-8,24H,9H2,1H3,(H,25,26). The van der Waals surface area contributed by atoms with Crippen molar-refractivity contribution >= 4 is 17.3 Å². The molecule has 0 saturated heterocycles. The van der Waals surface area contributed by atoms with E-state index in [1.165, 1.54) is 13.2 Å². The molecule has 27 heavy (non-hydrogen) atoms. The summed E-state index contributed by atoms with van der Waals surface area (Å²) in [6, 6.07) is 7.41. The molecule has 0 heterocycles. The van der Waals surface area contributed by atoms with Gasteiger partial charge in [-0.05, 0) is 30.3 Å². The third-order valence-corrected chi connectivity index (χ3v) is 3.42. The molecule has 146 valence electrons. The summed E-state index contributed by atoms with van der Waals surface area (Å²) in [5, 5.41) is 4.72. The van der Waals surface area contributed by atoms with E-state index in [9.17, 15) is 31.1 Å². The van der Waals surface area contributed by atoms with Crippen molar-refractivity contribution in [2.24, 2.45) is 0 Å². The number of alkyl halides is 6. The van der Waals surface area contributed by atoms with Crippen LogP contribution in [0.3, 0.4) is 0 Å². The van der Waals surface area contributed by atoms with E-state index >= 15 is 0 Å². The van der Waals surface area contributed by atoms with Crippen LogP contribution in [0.15, 0.2) is 42.5 Å². The predicted molar refractivity (Wildman–Crippen MR) is 86.6 cm³/mol. The van der Waals surface area contributed by atoms with Crippen molar-refractivity contribution in [1.82, 2.24) is 0 Å². The van der Waals surface area contributed by atoms with Gasteiger partial charge in [-0.1, -0.05) is 12.1 Å². The minimum Gasteiger partial charge on any atom is -0.495 e. The Bertz CT molecular complexity index is 786. The number of halogens is 6. The topological polar surface area (TPSA) is 50.4 Å². The zero-order chi connectivity index (χ0) is 20.2. The van der Waals surface area contributed by atoms with Gasteiger partial charge in [0.05, 0.1) is 30.5 Å². The fourth-order valence-electron chi connectivity index (χ4n) is 2.18. The largest absolute Gasteiger partial charge is 0.495 e. The molecule has 0 atom stereocenters. The Hall–Kier alpha value is -2.91. The zero-order valence-corrected chi connectivity index (χ0v) is 13.8. The third-order valence-electron chi connectivity index (χ3n) is 3.42. The van der Waals surface area contributed by atoms with E-state index in [0.29, 0.717) is 23.6 Å². The van der Waals surface area contributed by atoms with Crippen LogP contribution in [0.4, 0.5) is 37.7 Å². The lowest BCUT2D eigenvalue weighted by Gasteiger charge is -2.15. The highest BCUT2D eigenvalue weighted by atomic mass is 19.4. The van der Waals surface area contributed by atoms with Gasteiger partial charge in [-0.3, -0.25) is 4.79 Å². The summed E-state index contributed by atoms with van der Waals surface area (Å²) in [6.45, 7) is -0.545. The number of benzene rings is 2. The number of hydrogen-bond acceptors (Lipinski definition) is 3. The molecule has 0 aliphatic rings. The van der Waals surface area contributed by atoms with Gasteiger partial charge in [0.1, 0.15) is 5.75 Å². The lowest BCUT2D eigenvalue weighted by molar-refractivity contribution is -0.143. The van der Waals surface area contributed by atoms with Gasteiger partial charge in [-0.25, -0.2) is 0 Å². The Labute approximate surface area is 150 Å². The number of carbonyl (C=O) groups is 1. The molecular formula is C17H14F6N2O2. The third kappa shape index (κ3) is 5.53. The van der Waals surface area contributed by atoms with Gasteiger partial charge in [-0.2, -0.15) is 26.3 Å². The Kier molecular flexibility index (Phi) is 5.87. The van der Waals surface area contributed by atoms with E-state index < -0.39 is 41.6 Å². The van der Waals surface area contributed by atoms with Crippen molar-refractivity contribution in [3.8, 4) is 5.75 Å². The molecule has 10 heteroatoms. The number of nitrogens with one attached hydrogen (secondary N) is 2. The number of rotatable bonds is 5. The average molecular weight is 392 g/mol. The van der Waals surface area contributed by atoms with Crippen molar-refractivity contribution in [3.05, 3.63) is 53.6 Å². The molecule has 0 fully saturated rings. The summed E-state index contributed by atoms with van der Waals surface area (Å²) in [6.07, 6.45) is -9.92. The highest BCUT2D eigenvalue weighted by Gasteiger charge is 2.36. The maximum atomic E-state index is 12.8. The minimum atomic E-state index is -4.96. The van der Waals surface area contributed by atoms with Gasteiger partial charge >= 0.3 is 12.4 Å². The smallest absolute Gasteiger partial charge is 0.416 e. The average Bonchev–Trinajstić information content (AvgIpc) is 2.58. The maximum Gasteiger partial charge on any atom is 0.416 e. The lowest BCUT2D eigenvalue weighted by atomic mass is 10.1. The second-order valence-corrected chi connectivity index (χ2v) is 5.40. The Morgan fingerprint density at radius 2 is 1.52 bits per heavy atom. The SMILES string of the molecule is COc1ccccc1NC(=O)CNc1cc(C(F)(F)F)cc(C(F)(F)F)c1. The highest BCUT2D eigenvalue weighted by Crippen LogP contribution is 2.37. The number of carbonyl (C=O) groups excluding carboxylic acids is 1. The number of methoxy groups -OCH3 is 1. The first-order valence-corrected chi connectivity index (χ1v) is 7.47. The zero-order valence-electron chi connectivity index (χ0n) is 13.8. The number of para-hydroxylation sites is 2. The molecular weight excluding hydrogens is 378 g/mol. The van der Waals surface area contributed by atoms with Gasteiger partial charge in [0.2, 0.25) is 5.91 Å². The molecule has 1 amide bonds. The summed E-state index contributed by atoms with van der Waals surface area (Å²) in [4.78, 5) is 11.9. The van der Waals surface area contributed by atoms with E-state index in [-0.39, 0.29) is 6.07 Å². The first-order valence-electron chi connectivity index (χ1n) is 7.47. The molecule has 0 unspecified atom stereocenters. The van der Waals surface area contributed by atoms with Crippen molar-refractivity contribution in [2.45, 2.75) is 12.4 Å². The second kappa shape index (κ2) is 7.77. The van der Waals surface area contributed by atoms with Crippen LogP contribution in [0.2, 0.25) is 0 Å². The number of anilines is 2. The summed E-state index contributed by atoms with van der Waals surface area (Å²) < 4.78 is 81.9.